The molecule has 0 unspecified atom stereocenters. The van der Waals surface area contributed by atoms with E-state index in [1.54, 1.807) is 0 Å². The second kappa shape index (κ2) is 2.62. The molecule has 0 aliphatic heterocycles. The third kappa shape index (κ3) is 1.63. The van der Waals surface area contributed by atoms with Crippen LogP contribution in [-0.4, -0.2) is 4.98 Å². The van der Waals surface area contributed by atoms with Gasteiger partial charge in [0, 0.05) is 10.2 Å². The number of halogens is 1. The highest BCUT2D eigenvalue weighted by Crippen LogP contribution is 2.11. The molecule has 0 radical (unpaired) electrons. The molecule has 0 aromatic carbocycles. The lowest BCUT2D eigenvalue weighted by Crippen LogP contribution is -1.80. The minimum absolute atomic E-state index is 0.774. The maximum atomic E-state index is 4.88. The summed E-state index contributed by atoms with van der Waals surface area (Å²) in [5, 5.41) is 0. The average molecular weight is 204 g/mol. The Hall–Kier alpha value is -0.150. The van der Waals surface area contributed by atoms with E-state index in [4.69, 9.17) is 12.2 Å². The fourth-order valence-corrected chi connectivity index (χ4v) is 1.01. The molecule has 0 saturated carbocycles. The number of hydrogen-bond donors (Lipinski definition) is 1. The van der Waals surface area contributed by atoms with Gasteiger partial charge in [0.05, 0.1) is 0 Å². The third-order valence-corrected chi connectivity index (χ3v) is 2.15. The van der Waals surface area contributed by atoms with Crippen LogP contribution in [0.25, 0.3) is 0 Å². The minimum Gasteiger partial charge on any atom is -0.349 e. The molecule has 0 atom stereocenters. The maximum Gasteiger partial charge on any atom is 0.103 e. The summed E-state index contributed by atoms with van der Waals surface area (Å²) >= 11 is 8.23. The summed E-state index contributed by atoms with van der Waals surface area (Å²) in [6, 6.07) is 3.79. The number of rotatable bonds is 0. The zero-order valence-corrected chi connectivity index (χ0v) is 7.34. The van der Waals surface area contributed by atoms with Crippen molar-refractivity contribution < 1.29 is 0 Å². The van der Waals surface area contributed by atoms with E-state index in [1.807, 2.05) is 19.1 Å². The minimum atomic E-state index is 0.774. The van der Waals surface area contributed by atoms with Crippen molar-refractivity contribution in [2.24, 2.45) is 0 Å². The highest BCUT2D eigenvalue weighted by atomic mass is 79.9. The van der Waals surface area contributed by atoms with Crippen LogP contribution in [0.3, 0.4) is 0 Å². The second-order valence-electron chi connectivity index (χ2n) is 1.80. The van der Waals surface area contributed by atoms with Gasteiger partial charge >= 0.3 is 0 Å². The van der Waals surface area contributed by atoms with E-state index in [0.717, 1.165) is 14.8 Å². The largest absolute Gasteiger partial charge is 0.349 e. The van der Waals surface area contributed by atoms with Gasteiger partial charge < -0.3 is 4.98 Å². The van der Waals surface area contributed by atoms with Crippen LogP contribution in [0.4, 0.5) is 0 Å². The molecule has 0 aliphatic rings. The first-order valence-electron chi connectivity index (χ1n) is 2.55. The molecule has 0 fully saturated rings. The van der Waals surface area contributed by atoms with Crippen LogP contribution in [0.2, 0.25) is 0 Å². The summed E-state index contributed by atoms with van der Waals surface area (Å²) < 4.78 is 1.84. The standard InChI is InChI=1S/C6H6BrNS/c1-4-5(7)2-3-6(9)8-4/h2-3H,1H3,(H,8,9). The number of hydrogen-bond acceptors (Lipinski definition) is 1. The molecule has 1 rings (SSSR count). The van der Waals surface area contributed by atoms with E-state index in [1.165, 1.54) is 0 Å². The molecule has 1 nitrogen and oxygen atoms in total. The van der Waals surface area contributed by atoms with Crippen molar-refractivity contribution in [1.29, 1.82) is 0 Å². The Morgan fingerprint density at radius 1 is 1.56 bits per heavy atom. The van der Waals surface area contributed by atoms with Crippen LogP contribution >= 0.6 is 28.1 Å². The lowest BCUT2D eigenvalue weighted by molar-refractivity contribution is 1.16. The highest BCUT2D eigenvalue weighted by molar-refractivity contribution is 9.10. The normalized spacial score (nSPS) is 9.56. The SMILES string of the molecule is Cc1[nH]c(=S)ccc1Br. The van der Waals surface area contributed by atoms with E-state index in [2.05, 4.69) is 20.9 Å². The Morgan fingerprint density at radius 2 is 2.22 bits per heavy atom. The van der Waals surface area contributed by atoms with Crippen molar-refractivity contribution in [2.45, 2.75) is 6.92 Å². The van der Waals surface area contributed by atoms with Crippen LogP contribution < -0.4 is 0 Å². The molecule has 1 aromatic heterocycles. The van der Waals surface area contributed by atoms with Gasteiger partial charge in [-0.05, 0) is 35.0 Å². The molecule has 3 heteroatoms. The van der Waals surface area contributed by atoms with Crippen molar-refractivity contribution in [1.82, 2.24) is 4.98 Å². The number of aryl methyl sites for hydroxylation is 1. The van der Waals surface area contributed by atoms with Crippen molar-refractivity contribution in [3.05, 3.63) is 26.9 Å². The zero-order chi connectivity index (χ0) is 6.85. The van der Waals surface area contributed by atoms with Gasteiger partial charge in [0.25, 0.3) is 0 Å². The Bertz CT molecular complexity index is 266. The van der Waals surface area contributed by atoms with E-state index >= 15 is 0 Å². The van der Waals surface area contributed by atoms with E-state index in [-0.39, 0.29) is 0 Å². The van der Waals surface area contributed by atoms with Gasteiger partial charge in [-0.3, -0.25) is 0 Å². The number of pyridine rings is 1. The average Bonchev–Trinajstić information content (AvgIpc) is 1.80. The van der Waals surface area contributed by atoms with E-state index in [9.17, 15) is 0 Å². The fraction of sp³-hybridized carbons (Fsp3) is 0.167. The Morgan fingerprint density at radius 3 is 2.67 bits per heavy atom. The topological polar surface area (TPSA) is 15.8 Å². The smallest absolute Gasteiger partial charge is 0.103 e. The fourth-order valence-electron chi connectivity index (χ4n) is 0.560. The Balaban J connectivity index is 3.34. The van der Waals surface area contributed by atoms with Gasteiger partial charge in [0.15, 0.2) is 0 Å². The van der Waals surface area contributed by atoms with Gasteiger partial charge in [-0.25, -0.2) is 0 Å². The summed E-state index contributed by atoms with van der Waals surface area (Å²) in [5.74, 6) is 0. The number of H-pyrrole nitrogens is 1. The monoisotopic (exact) mass is 203 g/mol. The molecule has 1 aromatic rings. The van der Waals surface area contributed by atoms with E-state index in [0.29, 0.717) is 0 Å². The predicted molar refractivity (Wildman–Crippen MR) is 44.1 cm³/mol. The molecule has 0 spiro atoms. The van der Waals surface area contributed by atoms with Crippen molar-refractivity contribution >= 4 is 28.1 Å². The van der Waals surface area contributed by atoms with Gasteiger partial charge in [-0.15, -0.1) is 0 Å². The van der Waals surface area contributed by atoms with Gasteiger partial charge in [0.2, 0.25) is 0 Å². The van der Waals surface area contributed by atoms with Crippen molar-refractivity contribution in [3.63, 3.8) is 0 Å². The lowest BCUT2D eigenvalue weighted by Gasteiger charge is -1.94. The zero-order valence-electron chi connectivity index (χ0n) is 4.94. The van der Waals surface area contributed by atoms with Gasteiger partial charge in [-0.1, -0.05) is 12.2 Å². The second-order valence-corrected chi connectivity index (χ2v) is 3.09. The van der Waals surface area contributed by atoms with Crippen molar-refractivity contribution in [2.75, 3.05) is 0 Å². The molecular formula is C6H6BrNS. The number of aromatic amines is 1. The summed E-state index contributed by atoms with van der Waals surface area (Å²) in [6.07, 6.45) is 0. The summed E-state index contributed by atoms with van der Waals surface area (Å²) in [6.45, 7) is 1.97. The molecular weight excluding hydrogens is 198 g/mol. The van der Waals surface area contributed by atoms with Crippen LogP contribution in [0.1, 0.15) is 5.69 Å². The lowest BCUT2D eigenvalue weighted by atomic mass is 10.4. The first kappa shape index (κ1) is 6.96. The number of aromatic nitrogens is 1. The summed E-state index contributed by atoms with van der Waals surface area (Å²) in [7, 11) is 0. The molecule has 0 saturated heterocycles. The Labute approximate surface area is 67.2 Å². The first-order valence-corrected chi connectivity index (χ1v) is 3.76. The van der Waals surface area contributed by atoms with Gasteiger partial charge in [0.1, 0.15) is 4.64 Å². The van der Waals surface area contributed by atoms with Crippen LogP contribution in [0.5, 0.6) is 0 Å². The molecule has 48 valence electrons. The quantitative estimate of drug-likeness (QED) is 0.642. The highest BCUT2D eigenvalue weighted by Gasteiger charge is 1.88. The van der Waals surface area contributed by atoms with Crippen LogP contribution in [0, 0.1) is 11.6 Å². The molecule has 1 heterocycles. The third-order valence-electron chi connectivity index (χ3n) is 1.05. The Kier molecular flexibility index (Phi) is 2.03. The first-order chi connectivity index (χ1) is 4.20. The van der Waals surface area contributed by atoms with Crippen LogP contribution in [-0.2, 0) is 0 Å². The molecule has 0 bridgehead atoms. The van der Waals surface area contributed by atoms with Gasteiger partial charge in [-0.2, -0.15) is 0 Å². The number of nitrogens with one attached hydrogen (secondary N) is 1. The maximum absolute atomic E-state index is 4.88. The van der Waals surface area contributed by atoms with Crippen LogP contribution in [0.15, 0.2) is 16.6 Å². The summed E-state index contributed by atoms with van der Waals surface area (Å²) in [5.41, 5.74) is 1.07. The predicted octanol–water partition coefficient (Wildman–Crippen LogP) is 2.82. The summed E-state index contributed by atoms with van der Waals surface area (Å²) in [4.78, 5) is 3.01. The van der Waals surface area contributed by atoms with E-state index < -0.39 is 0 Å². The molecule has 1 N–H and O–H groups in total. The van der Waals surface area contributed by atoms with Crippen molar-refractivity contribution in [3.8, 4) is 0 Å². The molecule has 0 amide bonds. The molecule has 0 aliphatic carbocycles. The molecule has 9 heavy (non-hydrogen) atoms.